The van der Waals surface area contributed by atoms with Crippen molar-refractivity contribution in [3.63, 3.8) is 0 Å². The molecule has 3 aromatic rings. The molecule has 0 aliphatic carbocycles. The van der Waals surface area contributed by atoms with Gasteiger partial charge in [-0.3, -0.25) is 4.79 Å². The molecule has 0 radical (unpaired) electrons. The number of aromatic nitrogens is 3. The summed E-state index contributed by atoms with van der Waals surface area (Å²) >= 11 is 6.35. The zero-order valence-electron chi connectivity index (χ0n) is 17.5. The van der Waals surface area contributed by atoms with E-state index < -0.39 is 0 Å². The fraction of sp³-hybridized carbons (Fsp3) is 0.435. The van der Waals surface area contributed by atoms with Crippen LogP contribution >= 0.6 is 11.6 Å². The van der Waals surface area contributed by atoms with Crippen molar-refractivity contribution in [1.29, 1.82) is 0 Å². The van der Waals surface area contributed by atoms with Crippen LogP contribution in [0.3, 0.4) is 0 Å². The number of hydrogen-bond acceptors (Lipinski definition) is 5. The Morgan fingerprint density at radius 1 is 1.27 bits per heavy atom. The van der Waals surface area contributed by atoms with E-state index in [1.165, 1.54) is 23.0 Å². The van der Waals surface area contributed by atoms with Crippen molar-refractivity contribution in [2.24, 2.45) is 0 Å². The lowest BCUT2D eigenvalue weighted by Crippen LogP contribution is -2.22. The van der Waals surface area contributed by atoms with Crippen molar-refractivity contribution in [2.45, 2.75) is 38.6 Å². The fourth-order valence-electron chi connectivity index (χ4n) is 4.38. The Balaban J connectivity index is 1.77. The lowest BCUT2D eigenvalue weighted by Gasteiger charge is -2.20. The fourth-order valence-corrected chi connectivity index (χ4v) is 4.55. The van der Waals surface area contributed by atoms with Gasteiger partial charge < -0.3 is 14.2 Å². The quantitative estimate of drug-likeness (QED) is 0.560. The monoisotopic (exact) mass is 426 g/mol. The molecule has 158 valence electrons. The first-order valence-corrected chi connectivity index (χ1v) is 10.8. The van der Waals surface area contributed by atoms with Crippen LogP contribution in [0.1, 0.15) is 36.2 Å². The number of hydrogen-bond donors (Lipinski definition) is 0. The first kappa shape index (κ1) is 20.8. The van der Waals surface area contributed by atoms with E-state index in [9.17, 15) is 4.79 Å². The average Bonchev–Trinajstić information content (AvgIpc) is 2.88. The molecule has 0 N–H and O–H groups in total. The van der Waals surface area contributed by atoms with E-state index in [1.807, 2.05) is 19.1 Å². The number of carbonyl (C=O) groups excluding carboxylic acids is 1. The summed E-state index contributed by atoms with van der Waals surface area (Å²) < 4.78 is 7.61. The van der Waals surface area contributed by atoms with Gasteiger partial charge in [0, 0.05) is 65.5 Å². The van der Waals surface area contributed by atoms with Crippen molar-refractivity contribution < 1.29 is 9.53 Å². The second kappa shape index (κ2) is 9.14. The van der Waals surface area contributed by atoms with E-state index >= 15 is 0 Å². The van der Waals surface area contributed by atoms with Crippen LogP contribution in [0.2, 0.25) is 5.02 Å². The molecule has 0 saturated carbocycles. The smallest absolute Gasteiger partial charge is 0.306 e. The van der Waals surface area contributed by atoms with E-state index in [4.69, 9.17) is 16.3 Å². The Kier molecular flexibility index (Phi) is 6.35. The van der Waals surface area contributed by atoms with Crippen LogP contribution in [0.5, 0.6) is 0 Å². The standard InChI is InChI=1S/C23H27ClN4O2/c1-3-30-23(29)12-16(20-6-9-25-15-26-20)14-28-21-5-4-17(24)13-19(21)18-7-10-27(2)11-8-22(18)28/h4-6,9,13,15-16H,3,7-8,10-12,14H2,1-2H3. The van der Waals surface area contributed by atoms with Gasteiger partial charge in [0.05, 0.1) is 13.0 Å². The summed E-state index contributed by atoms with van der Waals surface area (Å²) in [5.74, 6) is -0.296. The summed E-state index contributed by atoms with van der Waals surface area (Å²) in [6.45, 7) is 4.90. The average molecular weight is 427 g/mol. The molecule has 30 heavy (non-hydrogen) atoms. The highest BCUT2D eigenvalue weighted by atomic mass is 35.5. The normalized spacial score (nSPS) is 15.6. The molecule has 6 nitrogen and oxygen atoms in total. The lowest BCUT2D eigenvalue weighted by molar-refractivity contribution is -0.143. The minimum absolute atomic E-state index is 0.0941. The van der Waals surface area contributed by atoms with E-state index in [-0.39, 0.29) is 18.3 Å². The number of nitrogens with zero attached hydrogens (tertiary/aromatic N) is 4. The number of halogens is 1. The molecule has 0 saturated heterocycles. The molecule has 1 atom stereocenters. The Hall–Kier alpha value is -2.44. The largest absolute Gasteiger partial charge is 0.466 e. The molecule has 2 aromatic heterocycles. The summed E-state index contributed by atoms with van der Waals surface area (Å²) in [6, 6.07) is 8.00. The minimum atomic E-state index is -0.202. The predicted octanol–water partition coefficient (Wildman–Crippen LogP) is 3.85. The Morgan fingerprint density at radius 3 is 2.87 bits per heavy atom. The maximum atomic E-state index is 12.4. The third kappa shape index (κ3) is 4.35. The first-order chi connectivity index (χ1) is 14.6. The Morgan fingerprint density at radius 2 is 2.10 bits per heavy atom. The summed E-state index contributed by atoms with van der Waals surface area (Å²) in [5.41, 5.74) is 4.72. The summed E-state index contributed by atoms with van der Waals surface area (Å²) in [6.07, 6.45) is 5.51. The van der Waals surface area contributed by atoms with Crippen LogP contribution in [0.4, 0.5) is 0 Å². The number of carbonyl (C=O) groups is 1. The van der Waals surface area contributed by atoms with Gasteiger partial charge >= 0.3 is 5.97 Å². The number of ether oxygens (including phenoxy) is 1. The van der Waals surface area contributed by atoms with Gasteiger partial charge in [0.2, 0.25) is 0 Å². The van der Waals surface area contributed by atoms with Crippen LogP contribution in [0.25, 0.3) is 10.9 Å². The predicted molar refractivity (Wildman–Crippen MR) is 118 cm³/mol. The van der Waals surface area contributed by atoms with E-state index in [0.717, 1.165) is 42.2 Å². The van der Waals surface area contributed by atoms with Crippen molar-refractivity contribution in [2.75, 3.05) is 26.7 Å². The topological polar surface area (TPSA) is 60.2 Å². The second-order valence-electron chi connectivity index (χ2n) is 7.84. The van der Waals surface area contributed by atoms with Gasteiger partial charge in [0.25, 0.3) is 0 Å². The number of esters is 1. The zero-order valence-corrected chi connectivity index (χ0v) is 18.2. The van der Waals surface area contributed by atoms with E-state index in [2.05, 4.69) is 38.6 Å². The highest BCUT2D eigenvalue weighted by Crippen LogP contribution is 2.33. The molecule has 1 aliphatic heterocycles. The van der Waals surface area contributed by atoms with Gasteiger partial charge in [-0.1, -0.05) is 11.6 Å². The molecule has 0 fully saturated rings. The van der Waals surface area contributed by atoms with E-state index in [0.29, 0.717) is 13.2 Å². The number of benzene rings is 1. The maximum absolute atomic E-state index is 12.4. The second-order valence-corrected chi connectivity index (χ2v) is 8.28. The van der Waals surface area contributed by atoms with Gasteiger partial charge in [0.15, 0.2) is 0 Å². The number of rotatable bonds is 6. The van der Waals surface area contributed by atoms with Crippen LogP contribution in [-0.4, -0.2) is 52.1 Å². The molecule has 1 aromatic carbocycles. The van der Waals surface area contributed by atoms with Crippen molar-refractivity contribution >= 4 is 28.5 Å². The molecule has 0 spiro atoms. The summed E-state index contributed by atoms with van der Waals surface area (Å²) in [4.78, 5) is 23.2. The number of likely N-dealkylation sites (N-methyl/N-ethyl adjacent to an activating group) is 1. The molecular formula is C23H27ClN4O2. The van der Waals surface area contributed by atoms with Crippen molar-refractivity contribution in [3.05, 3.63) is 58.8 Å². The first-order valence-electron chi connectivity index (χ1n) is 10.5. The molecule has 4 rings (SSSR count). The van der Waals surface area contributed by atoms with Gasteiger partial charge in [-0.25, -0.2) is 9.97 Å². The van der Waals surface area contributed by atoms with Crippen molar-refractivity contribution in [3.8, 4) is 0 Å². The third-order valence-electron chi connectivity index (χ3n) is 5.87. The summed E-state index contributed by atoms with van der Waals surface area (Å²) in [7, 11) is 2.16. The van der Waals surface area contributed by atoms with E-state index in [1.54, 1.807) is 6.20 Å². The number of fused-ring (bicyclic) bond motifs is 3. The van der Waals surface area contributed by atoms with Gasteiger partial charge in [-0.2, -0.15) is 0 Å². The molecule has 0 bridgehead atoms. The third-order valence-corrected chi connectivity index (χ3v) is 6.10. The summed E-state index contributed by atoms with van der Waals surface area (Å²) in [5, 5.41) is 1.96. The van der Waals surface area contributed by atoms with Crippen LogP contribution in [0.15, 0.2) is 36.8 Å². The minimum Gasteiger partial charge on any atom is -0.466 e. The Bertz CT molecular complexity index is 1030. The van der Waals surface area contributed by atoms with Crippen molar-refractivity contribution in [1.82, 2.24) is 19.4 Å². The van der Waals surface area contributed by atoms with Crippen LogP contribution < -0.4 is 0 Å². The molecule has 3 heterocycles. The highest BCUT2D eigenvalue weighted by molar-refractivity contribution is 6.31. The van der Waals surface area contributed by atoms with Gasteiger partial charge in [0.1, 0.15) is 6.33 Å². The molecule has 7 heteroatoms. The maximum Gasteiger partial charge on any atom is 0.306 e. The molecule has 1 unspecified atom stereocenters. The molecular weight excluding hydrogens is 400 g/mol. The van der Waals surface area contributed by atoms with Gasteiger partial charge in [-0.15, -0.1) is 0 Å². The van der Waals surface area contributed by atoms with Crippen LogP contribution in [-0.2, 0) is 28.9 Å². The SMILES string of the molecule is CCOC(=O)CC(Cn1c2c(c3cc(Cl)ccc31)CCN(C)CC2)c1ccncn1. The van der Waals surface area contributed by atoms with Gasteiger partial charge in [-0.05, 0) is 50.2 Å². The lowest BCUT2D eigenvalue weighted by atomic mass is 10.0. The van der Waals surface area contributed by atoms with Crippen LogP contribution in [0, 0.1) is 0 Å². The Labute approximate surface area is 181 Å². The molecule has 0 amide bonds. The highest BCUT2D eigenvalue weighted by Gasteiger charge is 2.25. The zero-order chi connectivity index (χ0) is 21.1. The molecule has 1 aliphatic rings.